The number of esters is 2. The molecule has 0 radical (unpaired) electrons. The van der Waals surface area contributed by atoms with E-state index in [2.05, 4.69) is 51.0 Å². The number of carbonyl (C=O) groups excluding carboxylic acids is 4. The standard InChI is InChI=1S/C32H54N2O7Si/c1-32(2,3)19-13-11-17-26(23-28(35)40-21-22-42(5,6)7)29(36)34-27(30(37)39-4)18-12-14-20-33-31(38)41-24-25-15-9-8-10-16-25/h8-10,15-16,26-27H,11-14,17-24H2,1-7H3,(H,33,38)(H,34,36)/t26-,27+/m1/s1. The first-order chi connectivity index (χ1) is 19.7. The molecule has 1 rings (SSSR count). The number of methoxy groups -OCH3 is 1. The van der Waals surface area contributed by atoms with Crippen molar-refractivity contribution in [2.45, 2.75) is 110 Å². The van der Waals surface area contributed by atoms with E-state index in [-0.39, 0.29) is 30.3 Å². The van der Waals surface area contributed by atoms with Crippen LogP contribution in [0, 0.1) is 11.3 Å². The number of amides is 2. The average Bonchev–Trinajstić information content (AvgIpc) is 2.91. The lowest BCUT2D eigenvalue weighted by molar-refractivity contribution is -0.148. The van der Waals surface area contributed by atoms with Crippen LogP contribution in [0.25, 0.3) is 0 Å². The van der Waals surface area contributed by atoms with Crippen molar-refractivity contribution in [1.29, 1.82) is 0 Å². The van der Waals surface area contributed by atoms with Crippen molar-refractivity contribution in [1.82, 2.24) is 10.6 Å². The molecular weight excluding hydrogens is 552 g/mol. The fraction of sp³-hybridized carbons (Fsp3) is 0.688. The second-order valence-corrected chi connectivity index (χ2v) is 18.9. The van der Waals surface area contributed by atoms with Crippen LogP contribution in [-0.2, 0) is 35.2 Å². The third-order valence-corrected chi connectivity index (χ3v) is 8.54. The number of alkyl carbamates (subject to hydrolysis) is 1. The normalized spacial score (nSPS) is 13.0. The van der Waals surface area contributed by atoms with E-state index in [9.17, 15) is 19.2 Å². The van der Waals surface area contributed by atoms with Gasteiger partial charge in [-0.3, -0.25) is 9.59 Å². The van der Waals surface area contributed by atoms with E-state index in [0.717, 1.165) is 30.9 Å². The van der Waals surface area contributed by atoms with E-state index in [4.69, 9.17) is 14.2 Å². The van der Waals surface area contributed by atoms with Gasteiger partial charge in [0.25, 0.3) is 0 Å². The molecule has 0 bridgehead atoms. The van der Waals surface area contributed by atoms with Crippen LogP contribution in [0.2, 0.25) is 25.7 Å². The lowest BCUT2D eigenvalue weighted by Crippen LogP contribution is -2.44. The molecule has 1 aromatic carbocycles. The molecule has 0 aliphatic rings. The van der Waals surface area contributed by atoms with E-state index in [1.807, 2.05) is 30.3 Å². The van der Waals surface area contributed by atoms with Crippen molar-refractivity contribution in [2.24, 2.45) is 11.3 Å². The molecule has 2 atom stereocenters. The van der Waals surface area contributed by atoms with E-state index >= 15 is 0 Å². The van der Waals surface area contributed by atoms with Crippen LogP contribution < -0.4 is 10.6 Å². The molecule has 2 N–H and O–H groups in total. The lowest BCUT2D eigenvalue weighted by atomic mass is 9.88. The fourth-order valence-corrected chi connectivity index (χ4v) is 4.94. The highest BCUT2D eigenvalue weighted by Crippen LogP contribution is 2.24. The summed E-state index contributed by atoms with van der Waals surface area (Å²) in [5.41, 5.74) is 1.09. The van der Waals surface area contributed by atoms with Crippen molar-refractivity contribution in [2.75, 3.05) is 20.3 Å². The van der Waals surface area contributed by atoms with Crippen molar-refractivity contribution in [3.63, 3.8) is 0 Å². The van der Waals surface area contributed by atoms with Gasteiger partial charge < -0.3 is 24.8 Å². The van der Waals surface area contributed by atoms with Crippen LogP contribution >= 0.6 is 0 Å². The summed E-state index contributed by atoms with van der Waals surface area (Å²) in [4.78, 5) is 50.4. The topological polar surface area (TPSA) is 120 Å². The van der Waals surface area contributed by atoms with Crippen molar-refractivity contribution < 1.29 is 33.4 Å². The van der Waals surface area contributed by atoms with E-state index in [1.54, 1.807) is 0 Å². The average molecular weight is 607 g/mol. The Balaban J connectivity index is 2.62. The molecule has 10 heteroatoms. The number of unbranched alkanes of at least 4 members (excludes halogenated alkanes) is 2. The van der Waals surface area contributed by atoms with E-state index in [1.165, 1.54) is 7.11 Å². The van der Waals surface area contributed by atoms with Crippen molar-refractivity contribution in [3.8, 4) is 0 Å². The second-order valence-electron chi connectivity index (χ2n) is 13.3. The molecule has 0 saturated carbocycles. The predicted octanol–water partition coefficient (Wildman–Crippen LogP) is 6.24. The summed E-state index contributed by atoms with van der Waals surface area (Å²) < 4.78 is 15.6. The maximum atomic E-state index is 13.3. The van der Waals surface area contributed by atoms with Crippen LogP contribution in [0.15, 0.2) is 30.3 Å². The number of hydrogen-bond donors (Lipinski definition) is 2. The quantitative estimate of drug-likeness (QED) is 0.0828. The molecule has 0 unspecified atom stereocenters. The highest BCUT2D eigenvalue weighted by Gasteiger charge is 2.28. The molecule has 0 spiro atoms. The maximum Gasteiger partial charge on any atom is 0.407 e. The summed E-state index contributed by atoms with van der Waals surface area (Å²) in [6.45, 7) is 14.1. The van der Waals surface area contributed by atoms with Gasteiger partial charge in [-0.2, -0.15) is 0 Å². The Morgan fingerprint density at radius 3 is 2.19 bits per heavy atom. The minimum atomic E-state index is -1.35. The lowest BCUT2D eigenvalue weighted by Gasteiger charge is -2.22. The zero-order valence-electron chi connectivity index (χ0n) is 26.9. The molecule has 1 aromatic rings. The summed E-state index contributed by atoms with van der Waals surface area (Å²) in [6.07, 6.45) is 4.26. The summed E-state index contributed by atoms with van der Waals surface area (Å²) >= 11 is 0. The molecule has 0 aliphatic heterocycles. The first-order valence-corrected chi connectivity index (χ1v) is 18.9. The van der Waals surface area contributed by atoms with Gasteiger partial charge in [-0.05, 0) is 49.1 Å². The maximum absolute atomic E-state index is 13.3. The third kappa shape index (κ3) is 18.5. The smallest absolute Gasteiger partial charge is 0.407 e. The molecular formula is C32H54N2O7Si. The predicted molar refractivity (Wildman–Crippen MR) is 168 cm³/mol. The van der Waals surface area contributed by atoms with Gasteiger partial charge in [0.15, 0.2) is 0 Å². The molecule has 238 valence electrons. The number of rotatable bonds is 19. The van der Waals surface area contributed by atoms with Gasteiger partial charge in [0.2, 0.25) is 5.91 Å². The largest absolute Gasteiger partial charge is 0.467 e. The summed E-state index contributed by atoms with van der Waals surface area (Å²) in [7, 11) is -0.0669. The highest BCUT2D eigenvalue weighted by molar-refractivity contribution is 6.76. The Hall–Kier alpha value is -2.88. The Labute approximate surface area is 253 Å². The first kappa shape index (κ1) is 37.1. The molecule has 42 heavy (non-hydrogen) atoms. The Morgan fingerprint density at radius 1 is 0.905 bits per heavy atom. The monoisotopic (exact) mass is 606 g/mol. The second kappa shape index (κ2) is 19.3. The summed E-state index contributed by atoms with van der Waals surface area (Å²) in [5, 5.41) is 5.52. The number of nitrogens with one attached hydrogen (secondary N) is 2. The number of benzene rings is 1. The number of carbonyl (C=O) groups is 4. The summed E-state index contributed by atoms with van der Waals surface area (Å²) in [6, 6.07) is 9.43. The first-order valence-electron chi connectivity index (χ1n) is 15.2. The van der Waals surface area contributed by atoms with E-state index < -0.39 is 32.1 Å². The highest BCUT2D eigenvalue weighted by atomic mass is 28.3. The third-order valence-electron chi connectivity index (χ3n) is 6.83. The Bertz CT molecular complexity index is 958. The van der Waals surface area contributed by atoms with Gasteiger partial charge in [0.1, 0.15) is 12.6 Å². The fourth-order valence-electron chi connectivity index (χ4n) is 4.22. The SMILES string of the molecule is COC(=O)[C@H](CCCCNC(=O)OCc1ccccc1)NC(=O)[C@H](CCCCC(C)(C)C)CC(=O)OCC[Si](C)(C)C. The van der Waals surface area contributed by atoms with Crippen molar-refractivity contribution in [3.05, 3.63) is 35.9 Å². The van der Waals surface area contributed by atoms with Crippen LogP contribution in [0.1, 0.15) is 77.7 Å². The number of ether oxygens (including phenoxy) is 3. The molecule has 2 amide bonds. The Morgan fingerprint density at radius 2 is 1.57 bits per heavy atom. The molecule has 9 nitrogen and oxygen atoms in total. The number of hydrogen-bond acceptors (Lipinski definition) is 7. The summed E-state index contributed by atoms with van der Waals surface area (Å²) in [5.74, 6) is -1.85. The Kier molecular flexibility index (Phi) is 17.1. The molecule has 0 aliphatic carbocycles. The minimum absolute atomic E-state index is 0.0179. The van der Waals surface area contributed by atoms with Crippen LogP contribution in [0.3, 0.4) is 0 Å². The van der Waals surface area contributed by atoms with Crippen LogP contribution in [0.5, 0.6) is 0 Å². The zero-order chi connectivity index (χ0) is 31.6. The molecule has 0 aromatic heterocycles. The van der Waals surface area contributed by atoms with Gasteiger partial charge in [-0.25, -0.2) is 9.59 Å². The zero-order valence-corrected chi connectivity index (χ0v) is 27.9. The van der Waals surface area contributed by atoms with Crippen molar-refractivity contribution >= 4 is 32.0 Å². The van der Waals surface area contributed by atoms with Gasteiger partial charge in [-0.15, -0.1) is 0 Å². The molecule has 0 fully saturated rings. The minimum Gasteiger partial charge on any atom is -0.467 e. The van der Waals surface area contributed by atoms with Gasteiger partial charge in [0.05, 0.1) is 20.1 Å². The van der Waals surface area contributed by atoms with Gasteiger partial charge in [-0.1, -0.05) is 83.6 Å². The van der Waals surface area contributed by atoms with Crippen LogP contribution in [0.4, 0.5) is 4.79 Å². The van der Waals surface area contributed by atoms with E-state index in [0.29, 0.717) is 38.8 Å². The van der Waals surface area contributed by atoms with Gasteiger partial charge in [0, 0.05) is 20.5 Å². The van der Waals surface area contributed by atoms with Gasteiger partial charge >= 0.3 is 18.0 Å². The van der Waals surface area contributed by atoms with Crippen LogP contribution in [-0.4, -0.2) is 58.3 Å². The molecule has 0 heterocycles. The molecule has 0 saturated heterocycles.